The van der Waals surface area contributed by atoms with Crippen molar-refractivity contribution in [2.24, 2.45) is 17.8 Å². The van der Waals surface area contributed by atoms with E-state index in [-0.39, 0.29) is 0 Å². The van der Waals surface area contributed by atoms with Crippen LogP contribution >= 0.6 is 0 Å². The van der Waals surface area contributed by atoms with E-state index in [0.29, 0.717) is 0 Å². The first-order valence-corrected chi connectivity index (χ1v) is 7.51. The molecule has 0 spiro atoms. The smallest absolute Gasteiger partial charge is 0.0110 e. The van der Waals surface area contributed by atoms with E-state index < -0.39 is 0 Å². The van der Waals surface area contributed by atoms with Gasteiger partial charge in [0.05, 0.1) is 0 Å². The summed E-state index contributed by atoms with van der Waals surface area (Å²) >= 11 is 0. The molecule has 1 nitrogen and oxygen atoms in total. The predicted molar refractivity (Wildman–Crippen MR) is 73.7 cm³/mol. The third kappa shape index (κ3) is 3.26. The molecule has 0 aliphatic heterocycles. The Bertz CT molecular complexity index is 274. The summed E-state index contributed by atoms with van der Waals surface area (Å²) < 4.78 is 0. The van der Waals surface area contributed by atoms with E-state index in [4.69, 9.17) is 0 Å². The molecule has 0 aromatic rings. The molecule has 0 aromatic carbocycles. The van der Waals surface area contributed by atoms with E-state index in [1.54, 1.807) is 0 Å². The fraction of sp³-hybridized carbons (Fsp3) is 0.875. The highest BCUT2D eigenvalue weighted by atomic mass is 14.9. The standard InChI is InChI=1S/C16H27N/c1-3-5-6-11-15(17-12-4-2)16-13-9-7-8-10-14(13)16/h13-17H,4,6-12H2,1-2H3. The summed E-state index contributed by atoms with van der Waals surface area (Å²) in [6.45, 7) is 5.39. The molecule has 2 saturated carbocycles. The van der Waals surface area contributed by atoms with Crippen LogP contribution in [-0.4, -0.2) is 12.6 Å². The first-order valence-electron chi connectivity index (χ1n) is 7.51. The Morgan fingerprint density at radius 3 is 2.53 bits per heavy atom. The van der Waals surface area contributed by atoms with Gasteiger partial charge < -0.3 is 5.32 Å². The van der Waals surface area contributed by atoms with Crippen LogP contribution in [0, 0.1) is 29.6 Å². The zero-order valence-electron chi connectivity index (χ0n) is 11.5. The molecule has 2 rings (SSSR count). The molecule has 3 unspecified atom stereocenters. The van der Waals surface area contributed by atoms with Crippen molar-refractivity contribution in [1.82, 2.24) is 5.32 Å². The molecule has 0 radical (unpaired) electrons. The van der Waals surface area contributed by atoms with Crippen LogP contribution in [0.2, 0.25) is 0 Å². The molecule has 1 heteroatoms. The number of hydrogen-bond acceptors (Lipinski definition) is 1. The summed E-state index contributed by atoms with van der Waals surface area (Å²) in [4.78, 5) is 0. The average molecular weight is 233 g/mol. The second-order valence-electron chi connectivity index (χ2n) is 5.72. The Morgan fingerprint density at radius 1 is 1.24 bits per heavy atom. The maximum absolute atomic E-state index is 3.78. The van der Waals surface area contributed by atoms with Crippen molar-refractivity contribution in [3.63, 3.8) is 0 Å². The van der Waals surface area contributed by atoms with Gasteiger partial charge in [0.25, 0.3) is 0 Å². The summed E-state index contributed by atoms with van der Waals surface area (Å²) in [5, 5.41) is 3.78. The molecule has 2 aliphatic rings. The second-order valence-corrected chi connectivity index (χ2v) is 5.72. The molecule has 0 aromatic heterocycles. The molecular weight excluding hydrogens is 206 g/mol. The minimum atomic E-state index is 0.754. The maximum atomic E-state index is 3.78. The topological polar surface area (TPSA) is 12.0 Å². The van der Waals surface area contributed by atoms with Gasteiger partial charge in [-0.2, -0.15) is 0 Å². The van der Waals surface area contributed by atoms with Crippen LogP contribution < -0.4 is 5.32 Å². The molecule has 17 heavy (non-hydrogen) atoms. The van der Waals surface area contributed by atoms with Gasteiger partial charge in [0, 0.05) is 12.5 Å². The van der Waals surface area contributed by atoms with Crippen LogP contribution in [0.5, 0.6) is 0 Å². The van der Waals surface area contributed by atoms with Gasteiger partial charge in [-0.15, -0.1) is 11.8 Å². The average Bonchev–Trinajstić information content (AvgIpc) is 3.08. The van der Waals surface area contributed by atoms with E-state index in [2.05, 4.69) is 24.1 Å². The second kappa shape index (κ2) is 6.45. The summed E-state index contributed by atoms with van der Waals surface area (Å²) in [5.41, 5.74) is 0. The molecule has 2 fully saturated rings. The SMILES string of the molecule is CC#CCCC(NCCC)C1C2CCCCC21. The Morgan fingerprint density at radius 2 is 1.94 bits per heavy atom. The van der Waals surface area contributed by atoms with Crippen molar-refractivity contribution in [3.8, 4) is 11.8 Å². The fourth-order valence-electron chi connectivity index (χ4n) is 3.76. The van der Waals surface area contributed by atoms with E-state index >= 15 is 0 Å². The van der Waals surface area contributed by atoms with E-state index in [1.807, 2.05) is 6.92 Å². The largest absolute Gasteiger partial charge is 0.314 e. The number of rotatable bonds is 6. The van der Waals surface area contributed by atoms with Crippen LogP contribution in [-0.2, 0) is 0 Å². The molecule has 2 aliphatic carbocycles. The van der Waals surface area contributed by atoms with Gasteiger partial charge in [-0.25, -0.2) is 0 Å². The molecule has 0 bridgehead atoms. The van der Waals surface area contributed by atoms with Gasteiger partial charge >= 0.3 is 0 Å². The molecule has 3 atom stereocenters. The van der Waals surface area contributed by atoms with Crippen molar-refractivity contribution < 1.29 is 0 Å². The van der Waals surface area contributed by atoms with Crippen molar-refractivity contribution in [2.75, 3.05) is 6.54 Å². The van der Waals surface area contributed by atoms with Gasteiger partial charge in [-0.1, -0.05) is 19.8 Å². The summed E-state index contributed by atoms with van der Waals surface area (Å²) in [5.74, 6) is 9.37. The van der Waals surface area contributed by atoms with Crippen molar-refractivity contribution in [1.29, 1.82) is 0 Å². The minimum Gasteiger partial charge on any atom is -0.314 e. The first-order chi connectivity index (χ1) is 8.38. The monoisotopic (exact) mass is 233 g/mol. The lowest BCUT2D eigenvalue weighted by Crippen LogP contribution is -2.32. The molecule has 0 saturated heterocycles. The predicted octanol–water partition coefficient (Wildman–Crippen LogP) is 3.59. The minimum absolute atomic E-state index is 0.754. The molecule has 0 amide bonds. The van der Waals surface area contributed by atoms with Gasteiger partial charge in [-0.3, -0.25) is 0 Å². The first kappa shape index (κ1) is 13.0. The third-order valence-corrected chi connectivity index (χ3v) is 4.60. The van der Waals surface area contributed by atoms with Gasteiger partial charge in [0.2, 0.25) is 0 Å². The van der Waals surface area contributed by atoms with Crippen LogP contribution in [0.4, 0.5) is 0 Å². The molecule has 96 valence electrons. The van der Waals surface area contributed by atoms with Crippen LogP contribution in [0.15, 0.2) is 0 Å². The van der Waals surface area contributed by atoms with Gasteiger partial charge in [-0.05, 0) is 56.9 Å². The van der Waals surface area contributed by atoms with Crippen molar-refractivity contribution in [2.45, 2.75) is 64.8 Å². The van der Waals surface area contributed by atoms with Crippen molar-refractivity contribution in [3.05, 3.63) is 0 Å². The molecule has 0 heterocycles. The highest BCUT2D eigenvalue weighted by Gasteiger charge is 2.53. The highest BCUT2D eigenvalue weighted by molar-refractivity contribution is 5.06. The number of fused-ring (bicyclic) bond motifs is 1. The number of nitrogens with one attached hydrogen (secondary N) is 1. The van der Waals surface area contributed by atoms with E-state index in [1.165, 1.54) is 45.1 Å². The lowest BCUT2D eigenvalue weighted by Gasteiger charge is -2.17. The highest BCUT2D eigenvalue weighted by Crippen LogP contribution is 2.57. The third-order valence-electron chi connectivity index (χ3n) is 4.60. The Labute approximate surface area is 107 Å². The Kier molecular flexibility index (Phi) is 4.92. The summed E-state index contributed by atoms with van der Waals surface area (Å²) in [6.07, 6.45) is 9.54. The van der Waals surface area contributed by atoms with Crippen LogP contribution in [0.25, 0.3) is 0 Å². The zero-order valence-corrected chi connectivity index (χ0v) is 11.5. The zero-order chi connectivity index (χ0) is 12.1. The quantitative estimate of drug-likeness (QED) is 0.691. The fourth-order valence-corrected chi connectivity index (χ4v) is 3.76. The normalized spacial score (nSPS) is 32.2. The van der Waals surface area contributed by atoms with Gasteiger partial charge in [0.15, 0.2) is 0 Å². The Hall–Kier alpha value is -0.480. The molecule has 1 N–H and O–H groups in total. The van der Waals surface area contributed by atoms with E-state index in [9.17, 15) is 0 Å². The number of hydrogen-bond donors (Lipinski definition) is 1. The van der Waals surface area contributed by atoms with Crippen LogP contribution in [0.1, 0.15) is 58.8 Å². The van der Waals surface area contributed by atoms with Crippen molar-refractivity contribution >= 4 is 0 Å². The maximum Gasteiger partial charge on any atom is 0.0110 e. The lowest BCUT2D eigenvalue weighted by atomic mass is 10.0. The Balaban J connectivity index is 1.83. The van der Waals surface area contributed by atoms with E-state index in [0.717, 1.165) is 30.2 Å². The molecular formula is C16H27N. The summed E-state index contributed by atoms with van der Waals surface area (Å²) in [7, 11) is 0. The van der Waals surface area contributed by atoms with Gasteiger partial charge in [0.1, 0.15) is 0 Å². The van der Waals surface area contributed by atoms with Crippen LogP contribution in [0.3, 0.4) is 0 Å². The lowest BCUT2D eigenvalue weighted by molar-refractivity contribution is 0.411. The summed E-state index contributed by atoms with van der Waals surface area (Å²) in [6, 6.07) is 0.754.